The summed E-state index contributed by atoms with van der Waals surface area (Å²) < 4.78 is 13.3. The minimum atomic E-state index is -0.934. The van der Waals surface area contributed by atoms with Gasteiger partial charge in [0.15, 0.2) is 0 Å². The van der Waals surface area contributed by atoms with E-state index < -0.39 is 59.3 Å². The summed E-state index contributed by atoms with van der Waals surface area (Å²) >= 11 is 0. The van der Waals surface area contributed by atoms with Gasteiger partial charge in [0, 0.05) is 18.9 Å². The number of likely N-dealkylation sites (tertiary alicyclic amines) is 2. The van der Waals surface area contributed by atoms with Crippen molar-refractivity contribution in [1.29, 1.82) is 0 Å². The van der Waals surface area contributed by atoms with Crippen LogP contribution in [0.3, 0.4) is 0 Å². The molecule has 2 saturated heterocycles. The average Bonchev–Trinajstić information content (AvgIpc) is 3.98. The Hall–Kier alpha value is -6.00. The zero-order chi connectivity index (χ0) is 52.1. The second-order valence-corrected chi connectivity index (χ2v) is 22.4. The lowest BCUT2D eigenvalue weighted by Gasteiger charge is -2.36. The molecule has 6 N–H and O–H groups in total. The number of nitrogens with zero attached hydrogens (tertiary/aromatic N) is 2. The highest BCUT2D eigenvalue weighted by atomic mass is 16.5. The van der Waals surface area contributed by atoms with Gasteiger partial charge in [0.1, 0.15) is 47.9 Å². The molecular weight excluding hydrogens is 913 g/mol. The van der Waals surface area contributed by atoms with Crippen LogP contribution in [0, 0.1) is 10.8 Å². The van der Waals surface area contributed by atoms with E-state index in [-0.39, 0.29) is 73.5 Å². The zero-order valence-electron chi connectivity index (χ0n) is 43.9. The molecule has 4 aliphatic rings. The van der Waals surface area contributed by atoms with Crippen LogP contribution >= 0.6 is 0 Å². The highest BCUT2D eigenvalue weighted by Crippen LogP contribution is 2.35. The van der Waals surface area contributed by atoms with Crippen LogP contribution in [0.15, 0.2) is 72.8 Å². The van der Waals surface area contributed by atoms with Crippen molar-refractivity contribution in [3.63, 3.8) is 0 Å². The van der Waals surface area contributed by atoms with Gasteiger partial charge >= 0.3 is 0 Å². The third kappa shape index (κ3) is 12.6. The van der Waals surface area contributed by atoms with Crippen molar-refractivity contribution in [3.8, 4) is 11.5 Å². The topological polar surface area (TPSA) is 200 Å². The first-order chi connectivity index (χ1) is 34.2. The first-order valence-electron chi connectivity index (χ1n) is 25.9. The van der Waals surface area contributed by atoms with Crippen LogP contribution in [0.1, 0.15) is 128 Å². The number of aryl methyl sites for hydroxylation is 2. The lowest BCUT2D eigenvalue weighted by Crippen LogP contribution is -2.59. The minimum Gasteiger partial charge on any atom is -0.488 e. The molecule has 10 atom stereocenters. The number of fused-ring (bicyclic) bond motifs is 2. The number of carbonyl (C=O) groups excluding carboxylic acids is 6. The number of carbonyl (C=O) groups is 6. The van der Waals surface area contributed by atoms with Crippen LogP contribution in [0.4, 0.5) is 0 Å². The lowest BCUT2D eigenvalue weighted by atomic mass is 9.85. The molecule has 16 nitrogen and oxygen atoms in total. The van der Waals surface area contributed by atoms with Crippen molar-refractivity contribution >= 4 is 35.4 Å². The summed E-state index contributed by atoms with van der Waals surface area (Å²) in [6, 6.07) is 18.2. The summed E-state index contributed by atoms with van der Waals surface area (Å²) in [5.74, 6) is -1.08. The van der Waals surface area contributed by atoms with Gasteiger partial charge in [-0.15, -0.1) is 0 Å². The fourth-order valence-electron chi connectivity index (χ4n) is 10.5. The summed E-state index contributed by atoms with van der Waals surface area (Å²) in [5.41, 5.74) is 3.17. The number of likely N-dealkylation sites (N-methyl/N-ethyl adjacent to an activating group) is 2. The standard InChI is InChI=1S/C56H78N8O8/c1-33(57-9)49(65)61-47(55(3,4)5)53(69)63-31-39(29-45(63)51(67)59-43-26-15-20-35-18-11-13-24-41(35)43)71-37-22-17-23-38(28-37)72-40-30-46(52(68)60-44-27-16-21-36-19-12-14-25-42(36)44)64(32-40)54(70)48(56(6,7)8)62-50(66)34(2)58-10/h11-14,17-19,22-25,28,33-34,39-40,43-48,57-58H,15-16,20-21,26-27,29-32H2,1-10H3,(H,59,67)(H,60,68)(H,61,65)(H,62,66)/t33-,34-,39-,40-,43?,44?,45-,46-,47+,48+/m0/s1. The molecule has 0 saturated carbocycles. The molecule has 6 amide bonds. The number of nitrogens with one attached hydrogen (secondary N) is 6. The second-order valence-electron chi connectivity index (χ2n) is 22.4. The number of amides is 6. The maximum atomic E-state index is 14.8. The van der Waals surface area contributed by atoms with Crippen molar-refractivity contribution in [2.75, 3.05) is 27.2 Å². The minimum absolute atomic E-state index is 0.0911. The molecule has 0 aromatic heterocycles. The van der Waals surface area contributed by atoms with Gasteiger partial charge in [0.05, 0.1) is 37.3 Å². The van der Waals surface area contributed by atoms with Gasteiger partial charge in [-0.1, -0.05) is 96.1 Å². The van der Waals surface area contributed by atoms with Crippen molar-refractivity contribution in [3.05, 3.63) is 95.1 Å². The van der Waals surface area contributed by atoms with E-state index in [1.54, 1.807) is 62.0 Å². The molecule has 72 heavy (non-hydrogen) atoms. The van der Waals surface area contributed by atoms with Gasteiger partial charge in [0.2, 0.25) is 35.4 Å². The molecule has 0 bridgehead atoms. The van der Waals surface area contributed by atoms with Gasteiger partial charge in [-0.05, 0) is 112 Å². The Morgan fingerprint density at radius 2 is 0.958 bits per heavy atom. The van der Waals surface area contributed by atoms with Gasteiger partial charge in [-0.3, -0.25) is 28.8 Å². The van der Waals surface area contributed by atoms with Crippen molar-refractivity contribution in [2.45, 2.75) is 167 Å². The summed E-state index contributed by atoms with van der Waals surface area (Å²) in [5, 5.41) is 18.4. The Balaban J connectivity index is 1.11. The van der Waals surface area contributed by atoms with Crippen molar-refractivity contribution < 1.29 is 38.2 Å². The summed E-state index contributed by atoms with van der Waals surface area (Å²) in [7, 11) is 3.36. The van der Waals surface area contributed by atoms with E-state index in [4.69, 9.17) is 9.47 Å². The predicted molar refractivity (Wildman–Crippen MR) is 276 cm³/mol. The van der Waals surface area contributed by atoms with Crippen LogP contribution in [-0.2, 0) is 41.6 Å². The molecule has 2 aliphatic carbocycles. The first kappa shape index (κ1) is 53.8. The Labute approximate surface area is 425 Å². The number of hydrogen-bond donors (Lipinski definition) is 6. The van der Waals surface area contributed by atoms with Gasteiger partial charge in [0.25, 0.3) is 0 Å². The molecule has 390 valence electrons. The van der Waals surface area contributed by atoms with Crippen LogP contribution < -0.4 is 41.4 Å². The Bertz CT molecular complexity index is 2290. The largest absolute Gasteiger partial charge is 0.488 e. The number of ether oxygens (including phenoxy) is 2. The van der Waals surface area contributed by atoms with E-state index in [0.717, 1.165) is 49.7 Å². The quantitative estimate of drug-likeness (QED) is 0.113. The Morgan fingerprint density at radius 3 is 1.33 bits per heavy atom. The molecule has 0 radical (unpaired) electrons. The maximum absolute atomic E-state index is 14.8. The fourth-order valence-corrected chi connectivity index (χ4v) is 10.5. The maximum Gasteiger partial charge on any atom is 0.246 e. The SMILES string of the molecule is CN[C@@H](C)C(=O)N[C@H](C(=O)N1C[C@@H](Oc2cccc(O[C@H]3C[C@@H](C(=O)NC4CCCc5ccccc54)N(C(=O)[C@@H](NC(=O)[C@H](C)NC)C(C)(C)C)C3)c2)C[C@H]1C(=O)NC1CCCc2ccccc21)C(C)(C)C. The van der Waals surface area contributed by atoms with Crippen LogP contribution in [0.5, 0.6) is 11.5 Å². The Kier molecular flexibility index (Phi) is 17.1. The molecule has 7 rings (SSSR count). The Morgan fingerprint density at radius 1 is 0.569 bits per heavy atom. The highest BCUT2D eigenvalue weighted by Gasteiger charge is 2.48. The van der Waals surface area contributed by atoms with Crippen molar-refractivity contribution in [1.82, 2.24) is 41.7 Å². The van der Waals surface area contributed by atoms with E-state index in [2.05, 4.69) is 44.0 Å². The van der Waals surface area contributed by atoms with E-state index in [0.29, 0.717) is 11.5 Å². The van der Waals surface area contributed by atoms with E-state index >= 15 is 0 Å². The monoisotopic (exact) mass is 991 g/mol. The van der Waals surface area contributed by atoms with E-state index in [9.17, 15) is 28.8 Å². The summed E-state index contributed by atoms with van der Waals surface area (Å²) in [6.45, 7) is 15.0. The molecule has 0 spiro atoms. The average molecular weight is 991 g/mol. The third-order valence-electron chi connectivity index (χ3n) is 14.9. The zero-order valence-corrected chi connectivity index (χ0v) is 43.9. The van der Waals surface area contributed by atoms with Gasteiger partial charge in [-0.2, -0.15) is 0 Å². The van der Waals surface area contributed by atoms with Crippen LogP contribution in [-0.4, -0.2) is 121 Å². The van der Waals surface area contributed by atoms with E-state index in [1.165, 1.54) is 11.1 Å². The van der Waals surface area contributed by atoms with Gasteiger partial charge < -0.3 is 51.2 Å². The summed E-state index contributed by atoms with van der Waals surface area (Å²) in [6.07, 6.45) is 4.47. The first-order valence-corrected chi connectivity index (χ1v) is 25.9. The summed E-state index contributed by atoms with van der Waals surface area (Å²) in [4.78, 5) is 88.1. The molecule has 2 aliphatic heterocycles. The molecular formula is C56H78N8O8. The van der Waals surface area contributed by atoms with Crippen molar-refractivity contribution in [2.24, 2.45) is 10.8 Å². The number of hydrogen-bond acceptors (Lipinski definition) is 10. The molecule has 2 heterocycles. The van der Waals surface area contributed by atoms with E-state index in [1.807, 2.05) is 77.9 Å². The molecule has 3 aromatic rings. The highest BCUT2D eigenvalue weighted by molar-refractivity contribution is 5.95. The fraction of sp³-hybridized carbons (Fsp3) is 0.571. The van der Waals surface area contributed by atoms with Gasteiger partial charge in [-0.25, -0.2) is 0 Å². The third-order valence-corrected chi connectivity index (χ3v) is 14.9. The smallest absolute Gasteiger partial charge is 0.246 e. The molecule has 3 aromatic carbocycles. The molecule has 2 fully saturated rings. The lowest BCUT2D eigenvalue weighted by molar-refractivity contribution is -0.144. The molecule has 2 unspecified atom stereocenters. The van der Waals surface area contributed by atoms with Crippen LogP contribution in [0.2, 0.25) is 0 Å². The molecule has 16 heteroatoms. The van der Waals surface area contributed by atoms with Crippen LogP contribution in [0.25, 0.3) is 0 Å². The number of benzene rings is 3. The predicted octanol–water partition coefficient (Wildman–Crippen LogP) is 5.05. The second kappa shape index (κ2) is 22.8. The number of rotatable bonds is 16. The normalized spacial score (nSPS) is 23.6.